The maximum atomic E-state index is 2.35. The minimum atomic E-state index is 0.161. The van der Waals surface area contributed by atoms with Crippen molar-refractivity contribution >= 4 is 42.8 Å². The van der Waals surface area contributed by atoms with Crippen molar-refractivity contribution < 1.29 is 0 Å². The van der Waals surface area contributed by atoms with E-state index in [0.29, 0.717) is 0 Å². The molecule has 0 bridgehead atoms. The van der Waals surface area contributed by atoms with Crippen molar-refractivity contribution in [3.05, 3.63) is 58.3 Å². The molecular weight excluding hydrogens is 352 g/mol. The molecule has 2 aromatic carbocycles. The van der Waals surface area contributed by atoms with Crippen molar-refractivity contribution in [2.24, 2.45) is 0 Å². The molecule has 0 spiro atoms. The standard InChI is InChI=1S/C24H26S2/c1-23(2,3)19-11-10-16(21-17(19)12-13-25-21)18-14-26-22-15(18)8-7-9-20(22)24(4,5)6/h7-14H,1-6H3. The van der Waals surface area contributed by atoms with Crippen molar-refractivity contribution in [1.29, 1.82) is 0 Å². The molecule has 26 heavy (non-hydrogen) atoms. The topological polar surface area (TPSA) is 0 Å². The molecule has 0 aliphatic carbocycles. The molecule has 0 N–H and O–H groups in total. The number of benzene rings is 2. The van der Waals surface area contributed by atoms with Crippen LogP contribution in [0.4, 0.5) is 0 Å². The first-order valence-electron chi connectivity index (χ1n) is 9.20. The predicted molar refractivity (Wildman–Crippen MR) is 120 cm³/mol. The molecule has 0 nitrogen and oxygen atoms in total. The Hall–Kier alpha value is -1.64. The van der Waals surface area contributed by atoms with Crippen LogP contribution >= 0.6 is 22.7 Å². The summed E-state index contributed by atoms with van der Waals surface area (Å²) < 4.78 is 2.85. The first-order chi connectivity index (χ1) is 12.2. The first-order valence-corrected chi connectivity index (χ1v) is 11.0. The Balaban J connectivity index is 1.99. The van der Waals surface area contributed by atoms with E-state index in [2.05, 4.69) is 88.7 Å². The van der Waals surface area contributed by atoms with Crippen LogP contribution < -0.4 is 0 Å². The maximum absolute atomic E-state index is 2.35. The summed E-state index contributed by atoms with van der Waals surface area (Å²) in [6.07, 6.45) is 0. The van der Waals surface area contributed by atoms with Crippen molar-refractivity contribution in [2.75, 3.05) is 0 Å². The molecule has 0 atom stereocenters. The van der Waals surface area contributed by atoms with Gasteiger partial charge < -0.3 is 0 Å². The Morgan fingerprint density at radius 3 is 2.04 bits per heavy atom. The Morgan fingerprint density at radius 2 is 1.35 bits per heavy atom. The molecule has 2 heteroatoms. The number of rotatable bonds is 1. The van der Waals surface area contributed by atoms with Crippen LogP contribution in [0.2, 0.25) is 0 Å². The van der Waals surface area contributed by atoms with Crippen LogP contribution in [-0.4, -0.2) is 0 Å². The summed E-state index contributed by atoms with van der Waals surface area (Å²) in [4.78, 5) is 0. The van der Waals surface area contributed by atoms with Gasteiger partial charge in [0.15, 0.2) is 0 Å². The van der Waals surface area contributed by atoms with Gasteiger partial charge in [0, 0.05) is 25.9 Å². The van der Waals surface area contributed by atoms with Gasteiger partial charge >= 0.3 is 0 Å². The number of hydrogen-bond acceptors (Lipinski definition) is 2. The molecule has 0 saturated heterocycles. The van der Waals surface area contributed by atoms with E-state index in [1.807, 2.05) is 22.7 Å². The Labute approximate surface area is 164 Å². The summed E-state index contributed by atoms with van der Waals surface area (Å²) in [6, 6.07) is 13.7. The fourth-order valence-electron chi connectivity index (χ4n) is 3.78. The van der Waals surface area contributed by atoms with Crippen LogP contribution in [0.15, 0.2) is 47.2 Å². The Morgan fingerprint density at radius 1 is 0.615 bits per heavy atom. The first kappa shape index (κ1) is 17.8. The molecule has 2 aromatic heterocycles. The quantitative estimate of drug-likeness (QED) is 0.312. The van der Waals surface area contributed by atoms with E-state index in [-0.39, 0.29) is 10.8 Å². The second-order valence-corrected chi connectivity index (χ2v) is 11.0. The van der Waals surface area contributed by atoms with Gasteiger partial charge in [-0.1, -0.05) is 71.9 Å². The fraction of sp³-hybridized carbons (Fsp3) is 0.333. The van der Waals surface area contributed by atoms with Crippen LogP contribution in [0, 0.1) is 0 Å². The molecule has 0 saturated carbocycles. The summed E-state index contributed by atoms with van der Waals surface area (Å²) in [5.41, 5.74) is 5.96. The van der Waals surface area contributed by atoms with E-state index in [0.717, 1.165) is 0 Å². The van der Waals surface area contributed by atoms with Crippen molar-refractivity contribution in [3.8, 4) is 11.1 Å². The Bertz CT molecular complexity index is 1090. The van der Waals surface area contributed by atoms with Gasteiger partial charge in [0.2, 0.25) is 0 Å². The Kier molecular flexibility index (Phi) is 4.05. The lowest BCUT2D eigenvalue weighted by Gasteiger charge is -2.21. The highest BCUT2D eigenvalue weighted by Crippen LogP contribution is 2.44. The zero-order chi connectivity index (χ0) is 18.7. The van der Waals surface area contributed by atoms with Gasteiger partial charge in [-0.15, -0.1) is 22.7 Å². The zero-order valence-corrected chi connectivity index (χ0v) is 18.1. The van der Waals surface area contributed by atoms with Crippen LogP contribution in [0.1, 0.15) is 52.7 Å². The lowest BCUT2D eigenvalue weighted by atomic mass is 9.83. The second-order valence-electron chi connectivity index (χ2n) is 9.16. The van der Waals surface area contributed by atoms with Gasteiger partial charge in [-0.05, 0) is 44.2 Å². The van der Waals surface area contributed by atoms with E-state index < -0.39 is 0 Å². The summed E-state index contributed by atoms with van der Waals surface area (Å²) in [7, 11) is 0. The highest BCUT2D eigenvalue weighted by molar-refractivity contribution is 7.19. The third-order valence-electron chi connectivity index (χ3n) is 5.12. The molecule has 0 aliphatic heterocycles. The fourth-order valence-corrected chi connectivity index (χ4v) is 6.03. The summed E-state index contributed by atoms with van der Waals surface area (Å²) >= 11 is 3.75. The zero-order valence-electron chi connectivity index (χ0n) is 16.4. The molecule has 0 amide bonds. The van der Waals surface area contributed by atoms with E-state index in [1.54, 1.807) is 0 Å². The van der Waals surface area contributed by atoms with Gasteiger partial charge in [-0.2, -0.15) is 0 Å². The monoisotopic (exact) mass is 378 g/mol. The van der Waals surface area contributed by atoms with E-state index in [4.69, 9.17) is 0 Å². The predicted octanol–water partition coefficient (Wildman–Crippen LogP) is 8.38. The van der Waals surface area contributed by atoms with Crippen LogP contribution in [0.5, 0.6) is 0 Å². The lowest BCUT2D eigenvalue weighted by molar-refractivity contribution is 0.596. The third kappa shape index (κ3) is 2.80. The highest BCUT2D eigenvalue weighted by atomic mass is 32.1. The van der Waals surface area contributed by atoms with Crippen molar-refractivity contribution in [2.45, 2.75) is 52.4 Å². The van der Waals surface area contributed by atoms with E-state index >= 15 is 0 Å². The molecule has 0 radical (unpaired) electrons. The van der Waals surface area contributed by atoms with Crippen molar-refractivity contribution in [3.63, 3.8) is 0 Å². The summed E-state index contributed by atoms with van der Waals surface area (Å²) in [5, 5.41) is 7.39. The van der Waals surface area contributed by atoms with Crippen molar-refractivity contribution in [1.82, 2.24) is 0 Å². The number of fused-ring (bicyclic) bond motifs is 2. The molecule has 0 unspecified atom stereocenters. The van der Waals surface area contributed by atoms with Crippen LogP contribution in [0.25, 0.3) is 31.3 Å². The van der Waals surface area contributed by atoms with Gasteiger partial charge in [-0.3, -0.25) is 0 Å². The van der Waals surface area contributed by atoms with Gasteiger partial charge in [-0.25, -0.2) is 0 Å². The minimum absolute atomic E-state index is 0.161. The normalized spacial score (nSPS) is 13.0. The van der Waals surface area contributed by atoms with Gasteiger partial charge in [0.1, 0.15) is 0 Å². The molecule has 2 heterocycles. The molecule has 4 rings (SSSR count). The lowest BCUT2D eigenvalue weighted by Crippen LogP contribution is -2.11. The van der Waals surface area contributed by atoms with Crippen LogP contribution in [0.3, 0.4) is 0 Å². The highest BCUT2D eigenvalue weighted by Gasteiger charge is 2.22. The van der Waals surface area contributed by atoms with Crippen LogP contribution in [-0.2, 0) is 10.8 Å². The summed E-state index contributed by atoms with van der Waals surface area (Å²) in [5.74, 6) is 0. The average molecular weight is 379 g/mol. The molecular formula is C24H26S2. The average Bonchev–Trinajstić information content (AvgIpc) is 3.18. The van der Waals surface area contributed by atoms with E-state index in [1.165, 1.54) is 42.4 Å². The number of hydrogen-bond donors (Lipinski definition) is 0. The maximum Gasteiger partial charge on any atom is 0.0424 e. The van der Waals surface area contributed by atoms with Gasteiger partial charge in [0.05, 0.1) is 0 Å². The molecule has 134 valence electrons. The minimum Gasteiger partial charge on any atom is -0.143 e. The number of thiophene rings is 2. The third-order valence-corrected chi connectivity index (χ3v) is 7.10. The second kappa shape index (κ2) is 5.94. The molecule has 4 aromatic rings. The van der Waals surface area contributed by atoms with Gasteiger partial charge in [0.25, 0.3) is 0 Å². The molecule has 0 aliphatic rings. The largest absolute Gasteiger partial charge is 0.143 e. The molecule has 0 fully saturated rings. The smallest absolute Gasteiger partial charge is 0.0424 e. The van der Waals surface area contributed by atoms with E-state index in [9.17, 15) is 0 Å². The SMILES string of the molecule is CC(C)(C)c1ccc(-c2csc3c(C(C)(C)C)cccc23)c2sccc12. The summed E-state index contributed by atoms with van der Waals surface area (Å²) in [6.45, 7) is 13.8.